The molecular formula is C13H16N4O2S. The number of nitrogens with one attached hydrogen (secondary N) is 1. The molecule has 2 aromatic heterocycles. The van der Waals surface area contributed by atoms with Gasteiger partial charge in [0.1, 0.15) is 17.3 Å². The SMILES string of the molecule is CCNc1nc(CN2CCOCC2=O)nc2sccc12. The predicted molar refractivity (Wildman–Crippen MR) is 77.8 cm³/mol. The van der Waals surface area contributed by atoms with Crippen molar-refractivity contribution in [1.82, 2.24) is 14.9 Å². The number of carbonyl (C=O) groups is 1. The van der Waals surface area contributed by atoms with Crippen LogP contribution in [0.15, 0.2) is 11.4 Å². The number of nitrogens with zero attached hydrogens (tertiary/aromatic N) is 3. The van der Waals surface area contributed by atoms with Crippen molar-refractivity contribution in [3.63, 3.8) is 0 Å². The van der Waals surface area contributed by atoms with Crippen molar-refractivity contribution in [2.75, 3.05) is 31.6 Å². The summed E-state index contributed by atoms with van der Waals surface area (Å²) in [6, 6.07) is 2.02. The molecule has 1 aliphatic rings. The van der Waals surface area contributed by atoms with Crippen LogP contribution < -0.4 is 5.32 Å². The van der Waals surface area contributed by atoms with Gasteiger partial charge in [0, 0.05) is 13.1 Å². The lowest BCUT2D eigenvalue weighted by Crippen LogP contribution is -2.41. The lowest BCUT2D eigenvalue weighted by Gasteiger charge is -2.26. The first-order chi connectivity index (χ1) is 9.78. The molecule has 1 saturated heterocycles. The van der Waals surface area contributed by atoms with E-state index in [2.05, 4.69) is 15.3 Å². The van der Waals surface area contributed by atoms with Gasteiger partial charge < -0.3 is 15.0 Å². The number of rotatable bonds is 4. The lowest BCUT2D eigenvalue weighted by atomic mass is 10.3. The Bertz CT molecular complexity index is 628. The van der Waals surface area contributed by atoms with E-state index in [1.54, 1.807) is 16.2 Å². The van der Waals surface area contributed by atoms with Crippen LogP contribution in [0.5, 0.6) is 0 Å². The molecule has 3 rings (SSSR count). The average Bonchev–Trinajstić information content (AvgIpc) is 2.90. The van der Waals surface area contributed by atoms with Gasteiger partial charge in [-0.1, -0.05) is 0 Å². The van der Waals surface area contributed by atoms with Crippen LogP contribution in [0, 0.1) is 0 Å². The number of amides is 1. The Hall–Kier alpha value is -1.73. The molecule has 0 spiro atoms. The summed E-state index contributed by atoms with van der Waals surface area (Å²) in [4.78, 5) is 23.5. The number of ether oxygens (including phenoxy) is 1. The molecule has 20 heavy (non-hydrogen) atoms. The Labute approximate surface area is 120 Å². The summed E-state index contributed by atoms with van der Waals surface area (Å²) in [5.41, 5.74) is 0. The highest BCUT2D eigenvalue weighted by Gasteiger charge is 2.20. The van der Waals surface area contributed by atoms with Crippen LogP contribution in [0.2, 0.25) is 0 Å². The molecule has 106 valence electrons. The third-order valence-corrected chi connectivity index (χ3v) is 3.94. The van der Waals surface area contributed by atoms with Gasteiger partial charge in [-0.15, -0.1) is 11.3 Å². The zero-order valence-electron chi connectivity index (χ0n) is 11.3. The number of hydrogen-bond acceptors (Lipinski definition) is 6. The van der Waals surface area contributed by atoms with Gasteiger partial charge in [-0.2, -0.15) is 0 Å². The van der Waals surface area contributed by atoms with E-state index in [4.69, 9.17) is 4.74 Å². The number of fused-ring (bicyclic) bond motifs is 1. The molecule has 0 unspecified atom stereocenters. The molecule has 7 heteroatoms. The molecule has 0 aliphatic carbocycles. The molecule has 6 nitrogen and oxygen atoms in total. The Morgan fingerprint density at radius 1 is 1.50 bits per heavy atom. The van der Waals surface area contributed by atoms with E-state index in [1.165, 1.54) is 0 Å². The second-order valence-corrected chi connectivity index (χ2v) is 5.42. The highest BCUT2D eigenvalue weighted by Crippen LogP contribution is 2.25. The first-order valence-corrected chi connectivity index (χ1v) is 7.49. The van der Waals surface area contributed by atoms with Gasteiger partial charge in [0.05, 0.1) is 18.5 Å². The molecule has 0 saturated carbocycles. The van der Waals surface area contributed by atoms with Gasteiger partial charge in [0.25, 0.3) is 0 Å². The minimum absolute atomic E-state index is 0.00359. The van der Waals surface area contributed by atoms with Gasteiger partial charge in [0.15, 0.2) is 5.82 Å². The summed E-state index contributed by atoms with van der Waals surface area (Å²) in [6.45, 7) is 4.60. The number of aromatic nitrogens is 2. The molecule has 0 atom stereocenters. The van der Waals surface area contributed by atoms with Crippen molar-refractivity contribution in [3.05, 3.63) is 17.3 Å². The number of anilines is 1. The molecule has 3 heterocycles. The summed E-state index contributed by atoms with van der Waals surface area (Å²) in [5, 5.41) is 6.29. The van der Waals surface area contributed by atoms with Gasteiger partial charge in [-0.25, -0.2) is 9.97 Å². The van der Waals surface area contributed by atoms with Crippen molar-refractivity contribution in [3.8, 4) is 0 Å². The van der Waals surface area contributed by atoms with Crippen LogP contribution in [0.1, 0.15) is 12.7 Å². The maximum absolute atomic E-state index is 11.8. The molecule has 1 fully saturated rings. The van der Waals surface area contributed by atoms with E-state index in [1.807, 2.05) is 18.4 Å². The molecule has 1 N–H and O–H groups in total. The van der Waals surface area contributed by atoms with Gasteiger partial charge in [-0.3, -0.25) is 4.79 Å². The number of thiophene rings is 1. The van der Waals surface area contributed by atoms with Gasteiger partial charge in [-0.05, 0) is 18.4 Å². The van der Waals surface area contributed by atoms with Crippen LogP contribution in [0.3, 0.4) is 0 Å². The van der Waals surface area contributed by atoms with E-state index in [0.717, 1.165) is 22.6 Å². The van der Waals surface area contributed by atoms with E-state index < -0.39 is 0 Å². The van der Waals surface area contributed by atoms with Crippen molar-refractivity contribution in [2.24, 2.45) is 0 Å². The summed E-state index contributed by atoms with van der Waals surface area (Å²) < 4.78 is 5.13. The second-order valence-electron chi connectivity index (χ2n) is 4.53. The predicted octanol–water partition coefficient (Wildman–Crippen LogP) is 1.48. The summed E-state index contributed by atoms with van der Waals surface area (Å²) in [7, 11) is 0. The number of hydrogen-bond donors (Lipinski definition) is 1. The standard InChI is InChI=1S/C13H16N4O2S/c1-2-14-12-9-3-6-20-13(9)16-10(15-12)7-17-4-5-19-8-11(17)18/h3,6H,2,4-5,7-8H2,1H3,(H,14,15,16). The fourth-order valence-electron chi connectivity index (χ4n) is 2.16. The Balaban J connectivity index is 1.88. The number of carbonyl (C=O) groups excluding carboxylic acids is 1. The van der Waals surface area contributed by atoms with Gasteiger partial charge >= 0.3 is 0 Å². The normalized spacial score (nSPS) is 15.8. The summed E-state index contributed by atoms with van der Waals surface area (Å²) in [6.07, 6.45) is 0. The maximum atomic E-state index is 11.8. The van der Waals surface area contributed by atoms with Crippen molar-refractivity contribution in [1.29, 1.82) is 0 Å². The molecule has 0 bridgehead atoms. The lowest BCUT2D eigenvalue weighted by molar-refractivity contribution is -0.143. The van der Waals surface area contributed by atoms with Crippen molar-refractivity contribution < 1.29 is 9.53 Å². The van der Waals surface area contributed by atoms with Crippen LogP contribution in [-0.4, -0.2) is 47.1 Å². The smallest absolute Gasteiger partial charge is 0.249 e. The topological polar surface area (TPSA) is 67.3 Å². The van der Waals surface area contributed by atoms with E-state index in [0.29, 0.717) is 25.5 Å². The monoisotopic (exact) mass is 292 g/mol. The van der Waals surface area contributed by atoms with Crippen LogP contribution in [-0.2, 0) is 16.1 Å². The van der Waals surface area contributed by atoms with Crippen molar-refractivity contribution in [2.45, 2.75) is 13.5 Å². The van der Waals surface area contributed by atoms with E-state index >= 15 is 0 Å². The quantitative estimate of drug-likeness (QED) is 0.924. The summed E-state index contributed by atoms with van der Waals surface area (Å²) >= 11 is 1.59. The third-order valence-electron chi connectivity index (χ3n) is 3.13. The van der Waals surface area contributed by atoms with Crippen LogP contribution in [0.25, 0.3) is 10.2 Å². The fourth-order valence-corrected chi connectivity index (χ4v) is 2.94. The zero-order valence-corrected chi connectivity index (χ0v) is 12.1. The highest BCUT2D eigenvalue weighted by atomic mass is 32.1. The largest absolute Gasteiger partial charge is 0.370 e. The molecule has 2 aromatic rings. The van der Waals surface area contributed by atoms with E-state index in [-0.39, 0.29) is 12.5 Å². The maximum Gasteiger partial charge on any atom is 0.249 e. The summed E-state index contributed by atoms with van der Waals surface area (Å²) in [5.74, 6) is 1.51. The van der Waals surface area contributed by atoms with Crippen LogP contribution in [0.4, 0.5) is 5.82 Å². The molecule has 1 aliphatic heterocycles. The minimum atomic E-state index is -0.00359. The van der Waals surface area contributed by atoms with Crippen LogP contribution >= 0.6 is 11.3 Å². The first-order valence-electron chi connectivity index (χ1n) is 6.61. The Morgan fingerprint density at radius 2 is 2.40 bits per heavy atom. The Kier molecular flexibility index (Phi) is 3.79. The molecule has 1 amide bonds. The number of morpholine rings is 1. The molecule has 0 aromatic carbocycles. The first kappa shape index (κ1) is 13.3. The third kappa shape index (κ3) is 2.59. The van der Waals surface area contributed by atoms with E-state index in [9.17, 15) is 4.79 Å². The van der Waals surface area contributed by atoms with Gasteiger partial charge in [0.2, 0.25) is 5.91 Å². The molecule has 0 radical (unpaired) electrons. The zero-order chi connectivity index (χ0) is 13.9. The van der Waals surface area contributed by atoms with Crippen molar-refractivity contribution >= 4 is 33.3 Å². The second kappa shape index (κ2) is 5.72. The Morgan fingerprint density at radius 3 is 3.20 bits per heavy atom. The minimum Gasteiger partial charge on any atom is -0.370 e. The highest BCUT2D eigenvalue weighted by molar-refractivity contribution is 7.16. The average molecular weight is 292 g/mol. The molecular weight excluding hydrogens is 276 g/mol. The fraction of sp³-hybridized carbons (Fsp3) is 0.462.